The summed E-state index contributed by atoms with van der Waals surface area (Å²) in [6.07, 6.45) is 4.55. The van der Waals surface area contributed by atoms with Crippen molar-refractivity contribution in [3.05, 3.63) is 23.3 Å². The van der Waals surface area contributed by atoms with Crippen LogP contribution in [0, 0.1) is 0 Å². The first-order chi connectivity index (χ1) is 8.77. The van der Waals surface area contributed by atoms with E-state index < -0.39 is 0 Å². The number of nitrogens with two attached hydrogens (primary N) is 1. The van der Waals surface area contributed by atoms with Crippen molar-refractivity contribution in [3.8, 4) is 10.4 Å². The second kappa shape index (κ2) is 6.05. The van der Waals surface area contributed by atoms with Crippen molar-refractivity contribution in [1.29, 1.82) is 0 Å². The smallest absolute Gasteiger partial charge is 0.175 e. The van der Waals surface area contributed by atoms with Crippen LogP contribution >= 0.6 is 11.3 Å². The zero-order valence-corrected chi connectivity index (χ0v) is 11.8. The molecule has 0 radical (unpaired) electrons. The van der Waals surface area contributed by atoms with E-state index in [1.54, 1.807) is 11.3 Å². The van der Waals surface area contributed by atoms with Gasteiger partial charge in [0.1, 0.15) is 0 Å². The Kier molecular flexibility index (Phi) is 4.42. The topological polar surface area (TPSA) is 52.0 Å². The molecular formula is C14H20N2OS. The highest BCUT2D eigenvalue weighted by atomic mass is 32.1. The van der Waals surface area contributed by atoms with Crippen LogP contribution in [0.4, 0.5) is 5.82 Å². The first kappa shape index (κ1) is 13.1. The maximum Gasteiger partial charge on any atom is 0.175 e. The van der Waals surface area contributed by atoms with Crippen LogP contribution in [0.2, 0.25) is 0 Å². The highest BCUT2D eigenvalue weighted by Crippen LogP contribution is 2.39. The summed E-state index contributed by atoms with van der Waals surface area (Å²) in [5, 5.41) is 6.02. The molecule has 0 unspecified atom stereocenters. The molecule has 0 spiro atoms. The summed E-state index contributed by atoms with van der Waals surface area (Å²) in [6, 6.07) is 4.11. The van der Waals surface area contributed by atoms with Crippen molar-refractivity contribution in [2.24, 2.45) is 0 Å². The van der Waals surface area contributed by atoms with Crippen molar-refractivity contribution in [2.75, 3.05) is 5.73 Å². The Morgan fingerprint density at radius 1 is 1.33 bits per heavy atom. The molecule has 0 aliphatic carbocycles. The van der Waals surface area contributed by atoms with E-state index in [4.69, 9.17) is 10.3 Å². The van der Waals surface area contributed by atoms with Gasteiger partial charge in [-0.15, -0.1) is 11.3 Å². The van der Waals surface area contributed by atoms with Crippen LogP contribution < -0.4 is 5.73 Å². The Hall–Kier alpha value is -1.29. The maximum atomic E-state index is 5.96. The number of hydrogen-bond acceptors (Lipinski definition) is 4. The van der Waals surface area contributed by atoms with Gasteiger partial charge in [0.2, 0.25) is 0 Å². The Morgan fingerprint density at radius 3 is 2.61 bits per heavy atom. The SMILES string of the molecule is CCCC(CCC)c1onc(N)c1-c1cccs1. The maximum absolute atomic E-state index is 5.96. The number of aromatic nitrogens is 1. The molecule has 2 aromatic heterocycles. The molecule has 0 saturated heterocycles. The molecule has 0 atom stereocenters. The van der Waals surface area contributed by atoms with Crippen molar-refractivity contribution >= 4 is 17.2 Å². The summed E-state index contributed by atoms with van der Waals surface area (Å²) in [6.45, 7) is 4.40. The molecule has 0 amide bonds. The first-order valence-electron chi connectivity index (χ1n) is 6.56. The van der Waals surface area contributed by atoms with E-state index in [0.717, 1.165) is 41.9 Å². The quantitative estimate of drug-likeness (QED) is 0.825. The van der Waals surface area contributed by atoms with Crippen molar-refractivity contribution in [3.63, 3.8) is 0 Å². The van der Waals surface area contributed by atoms with Crippen LogP contribution in [0.25, 0.3) is 10.4 Å². The molecule has 0 aliphatic heterocycles. The largest absolute Gasteiger partial charge is 0.380 e. The van der Waals surface area contributed by atoms with Crippen molar-refractivity contribution in [1.82, 2.24) is 5.16 Å². The Morgan fingerprint density at radius 2 is 2.06 bits per heavy atom. The first-order valence-corrected chi connectivity index (χ1v) is 7.44. The molecule has 2 N–H and O–H groups in total. The zero-order valence-electron chi connectivity index (χ0n) is 11.0. The lowest BCUT2D eigenvalue weighted by atomic mass is 9.92. The third kappa shape index (κ3) is 2.58. The number of nitrogens with zero attached hydrogens (tertiary/aromatic N) is 1. The van der Waals surface area contributed by atoms with Gasteiger partial charge in [-0.2, -0.15) is 0 Å². The summed E-state index contributed by atoms with van der Waals surface area (Å²) in [5.74, 6) is 1.92. The van der Waals surface area contributed by atoms with Gasteiger partial charge in [0.15, 0.2) is 11.6 Å². The predicted octanol–water partition coefficient (Wildman–Crippen LogP) is 4.67. The lowest BCUT2D eigenvalue weighted by Gasteiger charge is -2.13. The van der Waals surface area contributed by atoms with Gasteiger partial charge in [0.05, 0.1) is 5.56 Å². The Labute approximate surface area is 112 Å². The van der Waals surface area contributed by atoms with E-state index in [1.165, 1.54) is 0 Å². The molecule has 0 bridgehead atoms. The highest BCUT2D eigenvalue weighted by Gasteiger charge is 2.23. The minimum atomic E-state index is 0.432. The highest BCUT2D eigenvalue weighted by molar-refractivity contribution is 7.13. The molecule has 4 heteroatoms. The zero-order chi connectivity index (χ0) is 13.0. The average molecular weight is 264 g/mol. The lowest BCUT2D eigenvalue weighted by molar-refractivity contribution is 0.347. The van der Waals surface area contributed by atoms with E-state index in [-0.39, 0.29) is 0 Å². The standard InChI is InChI=1S/C14H20N2OS/c1-3-6-10(7-4-2)13-12(14(15)16-17-13)11-8-5-9-18-11/h5,8-10H,3-4,6-7H2,1-2H3,(H2,15,16). The van der Waals surface area contributed by atoms with E-state index in [1.807, 2.05) is 6.07 Å². The number of hydrogen-bond donors (Lipinski definition) is 1. The van der Waals surface area contributed by atoms with Crippen LogP contribution in [0.15, 0.2) is 22.0 Å². The minimum Gasteiger partial charge on any atom is -0.380 e. The molecular weight excluding hydrogens is 244 g/mol. The molecule has 3 nitrogen and oxygen atoms in total. The van der Waals surface area contributed by atoms with Gasteiger partial charge in [0, 0.05) is 10.8 Å². The van der Waals surface area contributed by atoms with Gasteiger partial charge in [-0.25, -0.2) is 0 Å². The number of anilines is 1. The van der Waals surface area contributed by atoms with Crippen LogP contribution in [0.5, 0.6) is 0 Å². The fraction of sp³-hybridized carbons (Fsp3) is 0.500. The second-order valence-corrected chi connectivity index (χ2v) is 5.51. The van der Waals surface area contributed by atoms with Crippen LogP contribution in [-0.2, 0) is 0 Å². The summed E-state index contributed by atoms with van der Waals surface area (Å²) >= 11 is 1.68. The molecule has 2 heterocycles. The monoisotopic (exact) mass is 264 g/mol. The van der Waals surface area contributed by atoms with E-state index in [0.29, 0.717) is 11.7 Å². The van der Waals surface area contributed by atoms with Crippen LogP contribution in [-0.4, -0.2) is 5.16 Å². The summed E-state index contributed by atoms with van der Waals surface area (Å²) in [5.41, 5.74) is 6.98. The van der Waals surface area contributed by atoms with Crippen LogP contribution in [0.1, 0.15) is 51.2 Å². The van der Waals surface area contributed by atoms with Gasteiger partial charge in [-0.1, -0.05) is 37.9 Å². The van der Waals surface area contributed by atoms with Crippen molar-refractivity contribution < 1.29 is 4.52 Å². The Balaban J connectivity index is 2.38. The van der Waals surface area contributed by atoms with E-state index in [2.05, 4.69) is 30.5 Å². The number of nitrogen functional groups attached to an aromatic ring is 1. The van der Waals surface area contributed by atoms with Gasteiger partial charge in [-0.3, -0.25) is 0 Å². The van der Waals surface area contributed by atoms with Gasteiger partial charge < -0.3 is 10.3 Å². The number of thiophene rings is 1. The molecule has 98 valence electrons. The molecule has 18 heavy (non-hydrogen) atoms. The molecule has 0 fully saturated rings. The van der Waals surface area contributed by atoms with E-state index in [9.17, 15) is 0 Å². The summed E-state index contributed by atoms with van der Waals surface area (Å²) in [7, 11) is 0. The lowest BCUT2D eigenvalue weighted by Crippen LogP contribution is -1.99. The molecule has 2 rings (SSSR count). The summed E-state index contributed by atoms with van der Waals surface area (Å²) < 4.78 is 5.52. The van der Waals surface area contributed by atoms with Crippen LogP contribution in [0.3, 0.4) is 0 Å². The van der Waals surface area contributed by atoms with Gasteiger partial charge in [0.25, 0.3) is 0 Å². The van der Waals surface area contributed by atoms with Gasteiger partial charge in [-0.05, 0) is 24.3 Å². The second-order valence-electron chi connectivity index (χ2n) is 4.56. The Bertz CT molecular complexity index is 470. The predicted molar refractivity (Wildman–Crippen MR) is 76.8 cm³/mol. The fourth-order valence-electron chi connectivity index (χ4n) is 2.37. The summed E-state index contributed by atoms with van der Waals surface area (Å²) in [4.78, 5) is 1.15. The number of rotatable bonds is 6. The molecule has 2 aromatic rings. The molecule has 0 aliphatic rings. The molecule has 0 saturated carbocycles. The molecule has 0 aromatic carbocycles. The third-order valence-corrected chi connectivity index (χ3v) is 4.04. The average Bonchev–Trinajstić information content (AvgIpc) is 2.97. The fourth-order valence-corrected chi connectivity index (χ4v) is 3.15. The van der Waals surface area contributed by atoms with Gasteiger partial charge >= 0.3 is 0 Å². The van der Waals surface area contributed by atoms with E-state index >= 15 is 0 Å². The van der Waals surface area contributed by atoms with Crippen molar-refractivity contribution in [2.45, 2.75) is 45.4 Å². The third-order valence-electron chi connectivity index (χ3n) is 3.16. The normalized spacial score (nSPS) is 11.3. The minimum absolute atomic E-state index is 0.432.